The highest BCUT2D eigenvalue weighted by Crippen LogP contribution is 2.34. The van der Waals surface area contributed by atoms with Crippen LogP contribution in [0.1, 0.15) is 27.7 Å². The van der Waals surface area contributed by atoms with E-state index in [1.54, 1.807) is 6.08 Å². The Kier molecular flexibility index (Phi) is 8.27. The Morgan fingerprint density at radius 2 is 2.03 bits per heavy atom. The number of hydrogen-bond acceptors (Lipinski definition) is 7. The molecule has 0 bridgehead atoms. The van der Waals surface area contributed by atoms with E-state index in [0.717, 1.165) is 20.5 Å². The molecule has 0 unspecified atom stereocenters. The highest BCUT2D eigenvalue weighted by atomic mass is 79.9. The number of ether oxygens (including phenoxy) is 1. The average Bonchev–Trinajstić information content (AvgIpc) is 3.32. The lowest BCUT2D eigenvalue weighted by atomic mass is 10.1. The van der Waals surface area contributed by atoms with Gasteiger partial charge in [-0.1, -0.05) is 52.8 Å². The molecule has 0 radical (unpaired) electrons. The average molecular weight is 535 g/mol. The minimum atomic E-state index is -0.445. The van der Waals surface area contributed by atoms with Gasteiger partial charge in [0.1, 0.15) is 5.00 Å². The lowest BCUT2D eigenvalue weighted by Crippen LogP contribution is -2.16. The molecule has 0 aliphatic heterocycles. The van der Waals surface area contributed by atoms with Gasteiger partial charge in [-0.2, -0.15) is 0 Å². The molecule has 1 N–H and O–H groups in total. The highest BCUT2D eigenvalue weighted by Gasteiger charge is 2.23. The van der Waals surface area contributed by atoms with E-state index < -0.39 is 5.97 Å². The van der Waals surface area contributed by atoms with Gasteiger partial charge in [0.25, 0.3) is 0 Å². The van der Waals surface area contributed by atoms with E-state index >= 15 is 0 Å². The number of anilines is 1. The fourth-order valence-electron chi connectivity index (χ4n) is 3.20. The summed E-state index contributed by atoms with van der Waals surface area (Å²) in [7, 11) is 1.34. The molecule has 0 saturated heterocycles. The van der Waals surface area contributed by atoms with E-state index in [4.69, 9.17) is 4.74 Å². The molecular formula is C22H23BrN4O3S2. The van der Waals surface area contributed by atoms with Crippen LogP contribution in [0.3, 0.4) is 0 Å². The largest absolute Gasteiger partial charge is 0.465 e. The Balaban J connectivity index is 1.76. The van der Waals surface area contributed by atoms with Crippen LogP contribution < -0.4 is 5.32 Å². The first-order chi connectivity index (χ1) is 15.4. The number of carbonyl (C=O) groups excluding carboxylic acids is 2. The van der Waals surface area contributed by atoms with Crippen molar-refractivity contribution in [2.24, 2.45) is 0 Å². The van der Waals surface area contributed by atoms with Crippen LogP contribution in [0, 0.1) is 6.92 Å². The van der Waals surface area contributed by atoms with Crippen LogP contribution in [0.5, 0.6) is 0 Å². The molecule has 1 aromatic carbocycles. The second kappa shape index (κ2) is 10.9. The van der Waals surface area contributed by atoms with Gasteiger partial charge in [-0.25, -0.2) is 4.79 Å². The lowest BCUT2D eigenvalue weighted by molar-refractivity contribution is -0.113. The monoisotopic (exact) mass is 534 g/mol. The molecule has 0 fully saturated rings. The van der Waals surface area contributed by atoms with Gasteiger partial charge in [-0.15, -0.1) is 28.1 Å². The van der Waals surface area contributed by atoms with Crippen molar-refractivity contribution >= 4 is 55.9 Å². The number of hydrogen-bond donors (Lipinski definition) is 1. The van der Waals surface area contributed by atoms with Crippen molar-refractivity contribution in [3.05, 3.63) is 57.4 Å². The number of aryl methyl sites for hydroxylation is 1. The zero-order valence-corrected chi connectivity index (χ0v) is 21.2. The maximum atomic E-state index is 12.7. The maximum absolute atomic E-state index is 12.7. The fraction of sp³-hybridized carbons (Fsp3) is 0.273. The predicted molar refractivity (Wildman–Crippen MR) is 132 cm³/mol. The molecule has 0 atom stereocenters. The Hall–Kier alpha value is -2.43. The summed E-state index contributed by atoms with van der Waals surface area (Å²) < 4.78 is 7.81. The maximum Gasteiger partial charge on any atom is 0.341 e. The minimum Gasteiger partial charge on any atom is -0.465 e. The summed E-state index contributed by atoms with van der Waals surface area (Å²) in [6.45, 7) is 8.23. The van der Waals surface area contributed by atoms with Crippen molar-refractivity contribution in [1.82, 2.24) is 14.8 Å². The summed E-state index contributed by atoms with van der Waals surface area (Å²) in [5, 5.41) is 12.6. The summed E-state index contributed by atoms with van der Waals surface area (Å²) in [6, 6.07) is 7.78. The van der Waals surface area contributed by atoms with Crippen molar-refractivity contribution in [2.75, 3.05) is 18.2 Å². The number of thioether (sulfide) groups is 1. The molecule has 1 amide bonds. The molecular weight excluding hydrogens is 512 g/mol. The lowest BCUT2D eigenvalue weighted by Gasteiger charge is -2.09. The standard InChI is InChI=1S/C22H23BrN4O3S2/c1-5-11-27-19(14-7-9-15(23)10-8-14)25-26-22(27)31-12-17(28)24-20-18(21(29)30-4)16(6-2)13(3)32-20/h5,7-10H,1,6,11-12H2,2-4H3,(H,24,28). The second-order valence-electron chi connectivity index (χ2n) is 6.74. The van der Waals surface area contributed by atoms with Crippen LogP contribution in [-0.2, 0) is 22.5 Å². The molecule has 7 nitrogen and oxygen atoms in total. The second-order valence-corrected chi connectivity index (χ2v) is 9.82. The van der Waals surface area contributed by atoms with Crippen LogP contribution in [0.4, 0.5) is 5.00 Å². The molecule has 3 aromatic rings. The number of carbonyl (C=O) groups is 2. The topological polar surface area (TPSA) is 86.1 Å². The number of thiophene rings is 1. The first kappa shape index (κ1) is 24.2. The Bertz CT molecular complexity index is 1140. The smallest absolute Gasteiger partial charge is 0.341 e. The number of rotatable bonds is 9. The van der Waals surface area contributed by atoms with E-state index in [1.165, 1.54) is 30.2 Å². The van der Waals surface area contributed by atoms with Gasteiger partial charge in [-0.05, 0) is 31.0 Å². The van der Waals surface area contributed by atoms with Crippen molar-refractivity contribution < 1.29 is 14.3 Å². The molecule has 0 saturated carbocycles. The van der Waals surface area contributed by atoms with Gasteiger partial charge < -0.3 is 10.1 Å². The van der Waals surface area contributed by atoms with Gasteiger partial charge in [-0.3, -0.25) is 9.36 Å². The van der Waals surface area contributed by atoms with Crippen LogP contribution in [0.25, 0.3) is 11.4 Å². The van der Waals surface area contributed by atoms with E-state index in [0.29, 0.717) is 34.5 Å². The summed E-state index contributed by atoms with van der Waals surface area (Å²) in [6.07, 6.45) is 2.44. The van der Waals surface area contributed by atoms with E-state index in [2.05, 4.69) is 38.0 Å². The third-order valence-electron chi connectivity index (χ3n) is 4.67. The molecule has 0 aliphatic rings. The Morgan fingerprint density at radius 3 is 2.66 bits per heavy atom. The number of amides is 1. The van der Waals surface area contributed by atoms with Crippen LogP contribution in [-0.4, -0.2) is 39.5 Å². The zero-order chi connectivity index (χ0) is 23.3. The molecule has 10 heteroatoms. The molecule has 32 heavy (non-hydrogen) atoms. The highest BCUT2D eigenvalue weighted by molar-refractivity contribution is 9.10. The van der Waals surface area contributed by atoms with Gasteiger partial charge in [0, 0.05) is 21.5 Å². The normalized spacial score (nSPS) is 10.8. The number of benzene rings is 1. The Morgan fingerprint density at radius 1 is 1.31 bits per heavy atom. The van der Waals surface area contributed by atoms with E-state index in [9.17, 15) is 9.59 Å². The predicted octanol–water partition coefficient (Wildman–Crippen LogP) is 5.34. The third-order valence-corrected chi connectivity index (χ3v) is 7.23. The molecule has 168 valence electrons. The summed E-state index contributed by atoms with van der Waals surface area (Å²) in [4.78, 5) is 25.9. The molecule has 3 rings (SSSR count). The molecule has 2 heterocycles. The van der Waals surface area contributed by atoms with Gasteiger partial charge in [0.15, 0.2) is 11.0 Å². The molecule has 0 spiro atoms. The first-order valence-electron chi connectivity index (χ1n) is 9.82. The van der Waals surface area contributed by atoms with Gasteiger partial charge in [0.05, 0.1) is 18.4 Å². The van der Waals surface area contributed by atoms with Crippen molar-refractivity contribution in [3.63, 3.8) is 0 Å². The molecule has 0 aliphatic carbocycles. The SMILES string of the molecule is C=CCn1c(SCC(=O)Nc2sc(C)c(CC)c2C(=O)OC)nnc1-c1ccc(Br)cc1. The molecule has 2 aromatic heterocycles. The van der Waals surface area contributed by atoms with Crippen molar-refractivity contribution in [2.45, 2.75) is 32.0 Å². The number of aromatic nitrogens is 3. The van der Waals surface area contributed by atoms with Crippen molar-refractivity contribution in [3.8, 4) is 11.4 Å². The third kappa shape index (κ3) is 5.31. The van der Waals surface area contributed by atoms with E-state index in [-0.39, 0.29) is 11.7 Å². The van der Waals surface area contributed by atoms with Crippen LogP contribution in [0.2, 0.25) is 0 Å². The summed E-state index contributed by atoms with van der Waals surface area (Å²) in [5.41, 5.74) is 2.25. The number of allylic oxidation sites excluding steroid dienone is 1. The van der Waals surface area contributed by atoms with Gasteiger partial charge >= 0.3 is 5.97 Å². The Labute approximate surface area is 203 Å². The number of nitrogens with zero attached hydrogens (tertiary/aromatic N) is 3. The van der Waals surface area contributed by atoms with Crippen LogP contribution >= 0.6 is 39.0 Å². The van der Waals surface area contributed by atoms with Crippen LogP contribution in [0.15, 0.2) is 46.5 Å². The summed E-state index contributed by atoms with van der Waals surface area (Å²) in [5.74, 6) is 0.144. The van der Waals surface area contributed by atoms with Crippen molar-refractivity contribution in [1.29, 1.82) is 0 Å². The first-order valence-corrected chi connectivity index (χ1v) is 12.4. The number of halogens is 1. The van der Waals surface area contributed by atoms with Gasteiger partial charge in [0.2, 0.25) is 5.91 Å². The summed E-state index contributed by atoms with van der Waals surface area (Å²) >= 11 is 6.09. The van der Waals surface area contributed by atoms with E-state index in [1.807, 2.05) is 42.7 Å². The quantitative estimate of drug-likeness (QED) is 0.226. The fourth-order valence-corrected chi connectivity index (χ4v) is 5.37. The zero-order valence-electron chi connectivity index (χ0n) is 18.0. The number of nitrogens with one attached hydrogen (secondary N) is 1. The minimum absolute atomic E-state index is 0.120. The number of esters is 1. The number of methoxy groups -OCH3 is 1.